The molecular formula is C16H28N4. The first-order chi connectivity index (χ1) is 9.81. The summed E-state index contributed by atoms with van der Waals surface area (Å²) in [5, 5.41) is 3.23. The number of aromatic nitrogens is 2. The lowest BCUT2D eigenvalue weighted by Gasteiger charge is -2.32. The second-order valence-corrected chi connectivity index (χ2v) is 5.63. The fraction of sp³-hybridized carbons (Fsp3) is 0.750. The minimum absolute atomic E-state index is 0.632. The number of anilines is 2. The van der Waals surface area contributed by atoms with Crippen LogP contribution in [0.5, 0.6) is 0 Å². The zero-order chi connectivity index (χ0) is 14.4. The first kappa shape index (κ1) is 15.1. The smallest absolute Gasteiger partial charge is 0.137 e. The van der Waals surface area contributed by atoms with Gasteiger partial charge in [0.15, 0.2) is 0 Å². The molecular weight excluding hydrogens is 248 g/mol. The second kappa shape index (κ2) is 7.46. The van der Waals surface area contributed by atoms with Crippen molar-refractivity contribution in [1.82, 2.24) is 9.97 Å². The highest BCUT2D eigenvalue weighted by Gasteiger charge is 2.24. The average molecular weight is 276 g/mol. The first-order valence-corrected chi connectivity index (χ1v) is 8.10. The normalized spacial score (nSPS) is 19.8. The Hall–Kier alpha value is -1.32. The van der Waals surface area contributed by atoms with E-state index in [-0.39, 0.29) is 0 Å². The molecule has 0 aromatic carbocycles. The molecule has 0 saturated carbocycles. The van der Waals surface area contributed by atoms with E-state index in [1.807, 2.05) is 7.05 Å². The van der Waals surface area contributed by atoms with Crippen LogP contribution in [0.25, 0.3) is 0 Å². The van der Waals surface area contributed by atoms with E-state index < -0.39 is 0 Å². The summed E-state index contributed by atoms with van der Waals surface area (Å²) >= 11 is 0. The van der Waals surface area contributed by atoms with Gasteiger partial charge in [-0.05, 0) is 25.7 Å². The lowest BCUT2D eigenvalue weighted by Crippen LogP contribution is -2.36. The van der Waals surface area contributed by atoms with E-state index in [1.165, 1.54) is 43.5 Å². The molecule has 1 atom stereocenters. The fourth-order valence-corrected chi connectivity index (χ4v) is 3.23. The summed E-state index contributed by atoms with van der Waals surface area (Å²) < 4.78 is 0. The molecule has 1 saturated heterocycles. The number of nitrogens with one attached hydrogen (secondary N) is 1. The molecule has 0 spiro atoms. The van der Waals surface area contributed by atoms with Crippen LogP contribution in [-0.2, 0) is 6.42 Å². The number of hydrogen-bond acceptors (Lipinski definition) is 4. The minimum Gasteiger partial charge on any atom is -0.373 e. The van der Waals surface area contributed by atoms with Gasteiger partial charge in [0.05, 0.1) is 0 Å². The summed E-state index contributed by atoms with van der Waals surface area (Å²) in [6.07, 6.45) is 10.3. The minimum atomic E-state index is 0.632. The zero-order valence-electron chi connectivity index (χ0n) is 13.2. The van der Waals surface area contributed by atoms with E-state index in [2.05, 4.69) is 34.0 Å². The third-order valence-electron chi connectivity index (χ3n) is 4.28. The molecule has 20 heavy (non-hydrogen) atoms. The van der Waals surface area contributed by atoms with Crippen LogP contribution in [0.2, 0.25) is 0 Å². The maximum Gasteiger partial charge on any atom is 0.137 e. The van der Waals surface area contributed by atoms with E-state index >= 15 is 0 Å². The molecule has 0 radical (unpaired) electrons. The van der Waals surface area contributed by atoms with E-state index in [1.54, 1.807) is 6.33 Å². The quantitative estimate of drug-likeness (QED) is 0.891. The van der Waals surface area contributed by atoms with Crippen LogP contribution in [0.15, 0.2) is 6.33 Å². The van der Waals surface area contributed by atoms with Crippen molar-refractivity contribution in [3.05, 3.63) is 11.9 Å². The van der Waals surface area contributed by atoms with E-state index in [9.17, 15) is 0 Å². The van der Waals surface area contributed by atoms with Crippen LogP contribution in [0.1, 0.15) is 57.9 Å². The van der Waals surface area contributed by atoms with Crippen molar-refractivity contribution in [2.45, 2.75) is 64.8 Å². The van der Waals surface area contributed by atoms with Gasteiger partial charge < -0.3 is 10.2 Å². The molecule has 1 aromatic heterocycles. The maximum absolute atomic E-state index is 4.64. The Labute approximate surface area is 123 Å². The van der Waals surface area contributed by atoms with Gasteiger partial charge in [-0.3, -0.25) is 0 Å². The van der Waals surface area contributed by atoms with Gasteiger partial charge in [-0.1, -0.05) is 33.1 Å². The molecule has 0 amide bonds. The molecule has 0 bridgehead atoms. The van der Waals surface area contributed by atoms with Crippen molar-refractivity contribution < 1.29 is 0 Å². The predicted octanol–water partition coefficient (Wildman–Crippen LogP) is 3.63. The van der Waals surface area contributed by atoms with Crippen molar-refractivity contribution in [3.63, 3.8) is 0 Å². The standard InChI is InChI=1S/C16H28N4/c1-4-9-14-15(17-3)18-12-19-16(14)20-11-8-6-7-10-13(20)5-2/h12-13H,4-11H2,1-3H3,(H,17,18,19). The SMILES string of the molecule is CCCc1c(NC)ncnc1N1CCCCCC1CC. The summed E-state index contributed by atoms with van der Waals surface area (Å²) in [5.41, 5.74) is 1.29. The average Bonchev–Trinajstić information content (AvgIpc) is 2.73. The van der Waals surface area contributed by atoms with Gasteiger partial charge in [-0.15, -0.1) is 0 Å². The third-order valence-corrected chi connectivity index (χ3v) is 4.28. The van der Waals surface area contributed by atoms with Gasteiger partial charge >= 0.3 is 0 Å². The van der Waals surface area contributed by atoms with Crippen LogP contribution < -0.4 is 10.2 Å². The molecule has 1 aliphatic heterocycles. The van der Waals surface area contributed by atoms with Crippen molar-refractivity contribution in [2.24, 2.45) is 0 Å². The molecule has 4 heteroatoms. The molecule has 2 rings (SSSR count). The lowest BCUT2D eigenvalue weighted by molar-refractivity contribution is 0.550. The Morgan fingerprint density at radius 1 is 1.25 bits per heavy atom. The largest absolute Gasteiger partial charge is 0.373 e. The van der Waals surface area contributed by atoms with Gasteiger partial charge in [-0.2, -0.15) is 0 Å². The summed E-state index contributed by atoms with van der Waals surface area (Å²) in [5.74, 6) is 2.16. The number of hydrogen-bond donors (Lipinski definition) is 1. The highest BCUT2D eigenvalue weighted by molar-refractivity contribution is 5.59. The van der Waals surface area contributed by atoms with E-state index in [0.717, 1.165) is 25.2 Å². The Kier molecular flexibility index (Phi) is 5.62. The first-order valence-electron chi connectivity index (χ1n) is 8.10. The van der Waals surface area contributed by atoms with Gasteiger partial charge in [-0.25, -0.2) is 9.97 Å². The topological polar surface area (TPSA) is 41.1 Å². The predicted molar refractivity (Wildman–Crippen MR) is 85.5 cm³/mol. The second-order valence-electron chi connectivity index (χ2n) is 5.63. The Bertz CT molecular complexity index is 419. The molecule has 0 aliphatic carbocycles. The summed E-state index contributed by atoms with van der Waals surface area (Å²) in [6, 6.07) is 0.632. The van der Waals surface area contributed by atoms with Crippen molar-refractivity contribution >= 4 is 11.6 Å². The highest BCUT2D eigenvalue weighted by atomic mass is 15.2. The molecule has 1 aliphatic rings. The van der Waals surface area contributed by atoms with Crippen LogP contribution in [-0.4, -0.2) is 29.6 Å². The molecule has 1 aromatic rings. The van der Waals surface area contributed by atoms with Crippen LogP contribution in [0.3, 0.4) is 0 Å². The zero-order valence-corrected chi connectivity index (χ0v) is 13.2. The van der Waals surface area contributed by atoms with Gasteiger partial charge in [0.1, 0.15) is 18.0 Å². The number of nitrogens with zero attached hydrogens (tertiary/aromatic N) is 3. The van der Waals surface area contributed by atoms with Crippen molar-refractivity contribution in [3.8, 4) is 0 Å². The Morgan fingerprint density at radius 2 is 2.10 bits per heavy atom. The third kappa shape index (κ3) is 3.22. The molecule has 2 heterocycles. The van der Waals surface area contributed by atoms with Crippen LogP contribution in [0, 0.1) is 0 Å². The van der Waals surface area contributed by atoms with Crippen LogP contribution >= 0.6 is 0 Å². The Morgan fingerprint density at radius 3 is 2.80 bits per heavy atom. The van der Waals surface area contributed by atoms with E-state index in [4.69, 9.17) is 0 Å². The summed E-state index contributed by atoms with van der Waals surface area (Å²) in [6.45, 7) is 5.65. The van der Waals surface area contributed by atoms with Gasteiger partial charge in [0.25, 0.3) is 0 Å². The lowest BCUT2D eigenvalue weighted by atomic mass is 10.1. The number of rotatable bonds is 5. The molecule has 1 unspecified atom stereocenters. The van der Waals surface area contributed by atoms with Crippen molar-refractivity contribution in [1.29, 1.82) is 0 Å². The maximum atomic E-state index is 4.64. The summed E-state index contributed by atoms with van der Waals surface area (Å²) in [7, 11) is 1.95. The Balaban J connectivity index is 2.37. The highest BCUT2D eigenvalue weighted by Crippen LogP contribution is 2.30. The fourth-order valence-electron chi connectivity index (χ4n) is 3.23. The summed E-state index contributed by atoms with van der Waals surface area (Å²) in [4.78, 5) is 11.6. The molecule has 4 nitrogen and oxygen atoms in total. The molecule has 112 valence electrons. The van der Waals surface area contributed by atoms with E-state index in [0.29, 0.717) is 6.04 Å². The van der Waals surface area contributed by atoms with Gasteiger partial charge in [0, 0.05) is 25.2 Å². The monoisotopic (exact) mass is 276 g/mol. The molecule has 1 N–H and O–H groups in total. The molecule has 1 fully saturated rings. The van der Waals surface area contributed by atoms with Gasteiger partial charge in [0.2, 0.25) is 0 Å². The van der Waals surface area contributed by atoms with Crippen LogP contribution in [0.4, 0.5) is 11.6 Å². The van der Waals surface area contributed by atoms with Crippen molar-refractivity contribution in [2.75, 3.05) is 23.8 Å².